The summed E-state index contributed by atoms with van der Waals surface area (Å²) in [6.07, 6.45) is 0. The molecular formula is C10H18N4O. The molecule has 1 rings (SSSR count). The first kappa shape index (κ1) is 11.7. The van der Waals surface area contributed by atoms with Gasteiger partial charge in [-0.1, -0.05) is 0 Å². The van der Waals surface area contributed by atoms with Crippen LogP contribution in [0.5, 0.6) is 0 Å². The van der Waals surface area contributed by atoms with Crippen LogP contribution in [0, 0.1) is 13.8 Å². The molecule has 3 N–H and O–H groups in total. The van der Waals surface area contributed by atoms with Gasteiger partial charge in [-0.2, -0.15) is 5.10 Å². The van der Waals surface area contributed by atoms with Crippen LogP contribution in [-0.2, 0) is 0 Å². The van der Waals surface area contributed by atoms with E-state index in [4.69, 9.17) is 0 Å². The van der Waals surface area contributed by atoms with Gasteiger partial charge in [0.2, 0.25) is 0 Å². The van der Waals surface area contributed by atoms with E-state index in [-0.39, 0.29) is 11.9 Å². The van der Waals surface area contributed by atoms with Crippen molar-refractivity contribution in [2.24, 2.45) is 0 Å². The second kappa shape index (κ2) is 4.93. The molecule has 0 radical (unpaired) electrons. The van der Waals surface area contributed by atoms with Crippen LogP contribution in [0.2, 0.25) is 0 Å². The van der Waals surface area contributed by atoms with Crippen molar-refractivity contribution in [2.75, 3.05) is 13.6 Å². The topological polar surface area (TPSA) is 69.8 Å². The average molecular weight is 210 g/mol. The van der Waals surface area contributed by atoms with Gasteiger partial charge in [0.05, 0.1) is 11.3 Å². The summed E-state index contributed by atoms with van der Waals surface area (Å²) in [5, 5.41) is 12.7. The molecule has 0 bridgehead atoms. The Kier molecular flexibility index (Phi) is 3.85. The zero-order valence-electron chi connectivity index (χ0n) is 9.64. The van der Waals surface area contributed by atoms with Crippen molar-refractivity contribution in [3.63, 3.8) is 0 Å². The van der Waals surface area contributed by atoms with Gasteiger partial charge in [0.1, 0.15) is 0 Å². The van der Waals surface area contributed by atoms with Crippen molar-refractivity contribution in [1.82, 2.24) is 20.8 Å². The summed E-state index contributed by atoms with van der Waals surface area (Å²) in [6, 6.07) is 0.265. The maximum absolute atomic E-state index is 11.8. The Morgan fingerprint density at radius 3 is 2.67 bits per heavy atom. The lowest BCUT2D eigenvalue weighted by Crippen LogP contribution is -2.37. The molecule has 0 fully saturated rings. The third-order valence-electron chi connectivity index (χ3n) is 2.42. The Labute approximate surface area is 89.6 Å². The van der Waals surface area contributed by atoms with Crippen LogP contribution in [0.4, 0.5) is 0 Å². The third-order valence-corrected chi connectivity index (χ3v) is 2.42. The summed E-state index contributed by atoms with van der Waals surface area (Å²) >= 11 is 0. The average Bonchev–Trinajstić information content (AvgIpc) is 2.54. The van der Waals surface area contributed by atoms with Gasteiger partial charge in [0.15, 0.2) is 0 Å². The smallest absolute Gasteiger partial charge is 0.255 e. The van der Waals surface area contributed by atoms with Crippen LogP contribution in [0.15, 0.2) is 0 Å². The molecule has 1 atom stereocenters. The largest absolute Gasteiger partial charge is 0.350 e. The predicted octanol–water partition coefficient (Wildman–Crippen LogP) is 0.364. The van der Waals surface area contributed by atoms with Crippen molar-refractivity contribution < 1.29 is 4.79 Å². The number of aromatic nitrogens is 2. The number of likely N-dealkylation sites (N-methyl/N-ethyl adjacent to an activating group) is 1. The fraction of sp³-hybridized carbons (Fsp3) is 0.600. The van der Waals surface area contributed by atoms with Crippen molar-refractivity contribution in [2.45, 2.75) is 26.8 Å². The maximum Gasteiger partial charge on any atom is 0.255 e. The maximum atomic E-state index is 11.8. The number of carbonyl (C=O) groups is 1. The van der Waals surface area contributed by atoms with Crippen LogP contribution in [0.1, 0.15) is 28.7 Å². The number of H-pyrrole nitrogens is 1. The molecule has 0 spiro atoms. The lowest BCUT2D eigenvalue weighted by molar-refractivity contribution is 0.0949. The zero-order valence-corrected chi connectivity index (χ0v) is 9.64. The molecule has 84 valence electrons. The number of hydrogen-bond donors (Lipinski definition) is 3. The van der Waals surface area contributed by atoms with E-state index in [1.54, 1.807) is 0 Å². The van der Waals surface area contributed by atoms with Gasteiger partial charge in [0, 0.05) is 18.3 Å². The highest BCUT2D eigenvalue weighted by molar-refractivity contribution is 5.96. The first-order valence-corrected chi connectivity index (χ1v) is 5.03. The summed E-state index contributed by atoms with van der Waals surface area (Å²) in [5.41, 5.74) is 2.20. The Morgan fingerprint density at radius 1 is 1.53 bits per heavy atom. The summed E-state index contributed by atoms with van der Waals surface area (Å²) in [7, 11) is 1.87. The Hall–Kier alpha value is -1.36. The summed E-state index contributed by atoms with van der Waals surface area (Å²) in [4.78, 5) is 11.8. The molecule has 5 nitrogen and oxygen atoms in total. The quantitative estimate of drug-likeness (QED) is 0.672. The Balaban J connectivity index is 2.62. The van der Waals surface area contributed by atoms with E-state index in [9.17, 15) is 4.79 Å². The lowest BCUT2D eigenvalue weighted by Gasteiger charge is -2.11. The molecular weight excluding hydrogens is 192 g/mol. The van der Waals surface area contributed by atoms with Crippen LogP contribution in [-0.4, -0.2) is 35.7 Å². The number of nitrogens with one attached hydrogen (secondary N) is 3. The monoisotopic (exact) mass is 210 g/mol. The minimum absolute atomic E-state index is 0.0687. The van der Waals surface area contributed by atoms with Crippen molar-refractivity contribution >= 4 is 5.91 Å². The van der Waals surface area contributed by atoms with Crippen molar-refractivity contribution in [3.05, 3.63) is 17.0 Å². The number of hydrogen-bond acceptors (Lipinski definition) is 3. The van der Waals surface area contributed by atoms with E-state index in [1.165, 1.54) is 0 Å². The summed E-state index contributed by atoms with van der Waals surface area (Å²) in [5.74, 6) is -0.0687. The van der Waals surface area contributed by atoms with Crippen LogP contribution in [0.3, 0.4) is 0 Å². The number of aromatic amines is 1. The van der Waals surface area contributed by atoms with Crippen LogP contribution >= 0.6 is 0 Å². The Morgan fingerprint density at radius 2 is 2.20 bits per heavy atom. The number of carbonyl (C=O) groups excluding carboxylic acids is 1. The summed E-state index contributed by atoms with van der Waals surface area (Å²) < 4.78 is 0. The van der Waals surface area contributed by atoms with E-state index in [2.05, 4.69) is 20.8 Å². The van der Waals surface area contributed by atoms with Crippen molar-refractivity contribution in [3.8, 4) is 0 Å². The molecule has 0 saturated heterocycles. The molecule has 0 aliphatic heterocycles. The van der Waals surface area contributed by atoms with Gasteiger partial charge in [-0.15, -0.1) is 0 Å². The second-order valence-corrected chi connectivity index (χ2v) is 3.71. The fourth-order valence-corrected chi connectivity index (χ4v) is 1.32. The van der Waals surface area contributed by atoms with Gasteiger partial charge >= 0.3 is 0 Å². The van der Waals surface area contributed by atoms with Gasteiger partial charge in [-0.3, -0.25) is 9.89 Å². The van der Waals surface area contributed by atoms with Gasteiger partial charge in [-0.05, 0) is 27.8 Å². The van der Waals surface area contributed by atoms with Gasteiger partial charge < -0.3 is 10.6 Å². The molecule has 0 aliphatic rings. The van der Waals surface area contributed by atoms with E-state index in [1.807, 2.05) is 27.8 Å². The minimum atomic E-state index is -0.0687. The molecule has 15 heavy (non-hydrogen) atoms. The molecule has 0 saturated carbocycles. The first-order valence-electron chi connectivity index (χ1n) is 5.03. The van der Waals surface area contributed by atoms with E-state index in [0.717, 1.165) is 11.4 Å². The standard InChI is InChI=1S/C10H18N4O/c1-6(11-4)5-12-10(15)9-7(2)13-14-8(9)3/h6,11H,5H2,1-4H3,(H,12,15)(H,13,14). The SMILES string of the molecule is CNC(C)CNC(=O)c1c(C)n[nH]c1C. The zero-order chi connectivity index (χ0) is 11.4. The molecule has 0 aromatic carbocycles. The van der Waals surface area contributed by atoms with Gasteiger partial charge in [0.25, 0.3) is 5.91 Å². The Bertz CT molecular complexity index is 326. The fourth-order valence-electron chi connectivity index (χ4n) is 1.32. The van der Waals surface area contributed by atoms with E-state index >= 15 is 0 Å². The van der Waals surface area contributed by atoms with Gasteiger partial charge in [-0.25, -0.2) is 0 Å². The molecule has 1 aromatic rings. The van der Waals surface area contributed by atoms with Crippen LogP contribution in [0.25, 0.3) is 0 Å². The highest BCUT2D eigenvalue weighted by atomic mass is 16.1. The number of nitrogens with zero attached hydrogens (tertiary/aromatic N) is 1. The number of rotatable bonds is 4. The minimum Gasteiger partial charge on any atom is -0.350 e. The van der Waals surface area contributed by atoms with Crippen LogP contribution < -0.4 is 10.6 Å². The van der Waals surface area contributed by atoms with E-state index < -0.39 is 0 Å². The molecule has 0 aliphatic carbocycles. The first-order chi connectivity index (χ1) is 7.06. The molecule has 5 heteroatoms. The highest BCUT2D eigenvalue weighted by Gasteiger charge is 2.14. The number of amides is 1. The molecule has 1 unspecified atom stereocenters. The normalized spacial score (nSPS) is 12.5. The summed E-state index contributed by atoms with van der Waals surface area (Å²) in [6.45, 7) is 6.28. The second-order valence-electron chi connectivity index (χ2n) is 3.71. The predicted molar refractivity (Wildman–Crippen MR) is 58.9 cm³/mol. The molecule has 1 aromatic heterocycles. The molecule has 1 heterocycles. The third kappa shape index (κ3) is 2.79. The lowest BCUT2D eigenvalue weighted by atomic mass is 10.2. The van der Waals surface area contributed by atoms with Crippen molar-refractivity contribution in [1.29, 1.82) is 0 Å². The molecule has 1 amide bonds. The highest BCUT2D eigenvalue weighted by Crippen LogP contribution is 2.08. The van der Waals surface area contributed by atoms with E-state index in [0.29, 0.717) is 12.1 Å². The number of aryl methyl sites for hydroxylation is 2.